The Bertz CT molecular complexity index is 1260. The van der Waals surface area contributed by atoms with Crippen molar-refractivity contribution in [3.8, 4) is 0 Å². The van der Waals surface area contributed by atoms with E-state index in [1.165, 1.54) is 0 Å². The summed E-state index contributed by atoms with van der Waals surface area (Å²) >= 11 is 12.8. The fourth-order valence-corrected chi connectivity index (χ4v) is 4.13. The number of nitrogens with one attached hydrogen (secondary N) is 3. The first-order valence-electron chi connectivity index (χ1n) is 9.38. The third kappa shape index (κ3) is 3.22. The Morgan fingerprint density at radius 3 is 2.43 bits per heavy atom. The van der Waals surface area contributed by atoms with Gasteiger partial charge in [0, 0.05) is 5.57 Å². The first kappa shape index (κ1) is 18.7. The Balaban J connectivity index is 1.80. The molecule has 0 radical (unpaired) electrons. The molecule has 0 saturated carbocycles. The van der Waals surface area contributed by atoms with E-state index in [0.29, 0.717) is 27.1 Å². The smallest absolute Gasteiger partial charge is 0.320 e. The van der Waals surface area contributed by atoms with Crippen LogP contribution in [-0.4, -0.2) is 16.0 Å². The van der Waals surface area contributed by atoms with Gasteiger partial charge in [0.2, 0.25) is 0 Å². The standard InChI is InChI=1S/C23H16Cl2N4O/c24-15-10-6-9-14(19(15)25)21-18(22-26-16-11-4-5-12-17(16)27-22)20(28-23(30)29-21)13-7-2-1-3-8-13/h1-12,21H,(H,26,27)(H2,28,29,30). The van der Waals surface area contributed by atoms with Crippen LogP contribution in [0, 0.1) is 0 Å². The largest absolute Gasteiger partial charge is 0.338 e. The number of fused-ring (bicyclic) bond motifs is 1. The average Bonchev–Trinajstić information content (AvgIpc) is 3.19. The quantitative estimate of drug-likeness (QED) is 0.381. The van der Waals surface area contributed by atoms with Crippen LogP contribution in [0.15, 0.2) is 72.8 Å². The van der Waals surface area contributed by atoms with Crippen LogP contribution >= 0.6 is 23.2 Å². The van der Waals surface area contributed by atoms with Gasteiger partial charge in [-0.15, -0.1) is 0 Å². The maximum absolute atomic E-state index is 12.6. The Morgan fingerprint density at radius 1 is 0.867 bits per heavy atom. The van der Waals surface area contributed by atoms with Crippen LogP contribution in [0.3, 0.4) is 0 Å². The normalized spacial score (nSPS) is 16.5. The second kappa shape index (κ2) is 7.52. The lowest BCUT2D eigenvalue weighted by Crippen LogP contribution is -2.43. The molecule has 1 atom stereocenters. The van der Waals surface area contributed by atoms with Crippen molar-refractivity contribution in [1.29, 1.82) is 0 Å². The number of hydrogen-bond acceptors (Lipinski definition) is 2. The number of aromatic nitrogens is 2. The number of urea groups is 1. The Hall–Kier alpha value is -3.28. The molecule has 5 rings (SSSR count). The predicted octanol–water partition coefficient (Wildman–Crippen LogP) is 5.79. The minimum absolute atomic E-state index is 0.324. The van der Waals surface area contributed by atoms with Crippen molar-refractivity contribution in [2.45, 2.75) is 6.04 Å². The molecule has 1 aromatic heterocycles. The van der Waals surface area contributed by atoms with Crippen molar-refractivity contribution in [3.05, 3.63) is 99.8 Å². The summed E-state index contributed by atoms with van der Waals surface area (Å²) in [7, 11) is 0. The minimum Gasteiger partial charge on any atom is -0.338 e. The Morgan fingerprint density at radius 2 is 1.63 bits per heavy atom. The fourth-order valence-electron chi connectivity index (χ4n) is 3.71. The van der Waals surface area contributed by atoms with Gasteiger partial charge < -0.3 is 15.6 Å². The molecule has 7 heteroatoms. The number of amides is 2. The third-order valence-electron chi connectivity index (χ3n) is 5.07. The lowest BCUT2D eigenvalue weighted by Gasteiger charge is -2.30. The monoisotopic (exact) mass is 434 g/mol. The van der Waals surface area contributed by atoms with Crippen LogP contribution in [-0.2, 0) is 0 Å². The minimum atomic E-state index is -0.541. The molecule has 4 aromatic rings. The first-order valence-corrected chi connectivity index (χ1v) is 10.1. The molecule has 0 bridgehead atoms. The number of imidazole rings is 1. The predicted molar refractivity (Wildman–Crippen MR) is 120 cm³/mol. The van der Waals surface area contributed by atoms with E-state index in [1.54, 1.807) is 6.07 Å². The van der Waals surface area contributed by atoms with Gasteiger partial charge in [0.25, 0.3) is 0 Å². The van der Waals surface area contributed by atoms with Gasteiger partial charge in [0.1, 0.15) is 5.82 Å². The first-order chi connectivity index (χ1) is 14.6. The van der Waals surface area contributed by atoms with Gasteiger partial charge in [0.05, 0.1) is 32.8 Å². The number of para-hydroxylation sites is 2. The van der Waals surface area contributed by atoms with E-state index in [2.05, 4.69) is 15.6 Å². The van der Waals surface area contributed by atoms with E-state index in [1.807, 2.05) is 66.7 Å². The number of nitrogens with zero attached hydrogens (tertiary/aromatic N) is 1. The highest BCUT2D eigenvalue weighted by Gasteiger charge is 2.33. The summed E-state index contributed by atoms with van der Waals surface area (Å²) in [5, 5.41) is 6.75. The van der Waals surface area contributed by atoms with Crippen LogP contribution in [0.1, 0.15) is 23.0 Å². The van der Waals surface area contributed by atoms with E-state index in [-0.39, 0.29) is 6.03 Å². The second-order valence-corrected chi connectivity index (χ2v) is 7.72. The van der Waals surface area contributed by atoms with E-state index >= 15 is 0 Å². The highest BCUT2D eigenvalue weighted by Crippen LogP contribution is 2.41. The summed E-state index contributed by atoms with van der Waals surface area (Å²) in [5.74, 6) is 0.642. The van der Waals surface area contributed by atoms with E-state index < -0.39 is 6.04 Å². The molecular formula is C23H16Cl2N4O. The van der Waals surface area contributed by atoms with Crippen molar-refractivity contribution in [2.75, 3.05) is 0 Å². The van der Waals surface area contributed by atoms with Gasteiger partial charge in [-0.3, -0.25) is 0 Å². The zero-order chi connectivity index (χ0) is 20.7. The zero-order valence-electron chi connectivity index (χ0n) is 15.6. The van der Waals surface area contributed by atoms with Crippen LogP contribution in [0.2, 0.25) is 10.0 Å². The average molecular weight is 435 g/mol. The molecule has 0 spiro atoms. The molecule has 0 aliphatic carbocycles. The number of aromatic amines is 1. The molecule has 148 valence electrons. The Labute approximate surface area is 182 Å². The van der Waals surface area contributed by atoms with Gasteiger partial charge in [-0.2, -0.15) is 0 Å². The molecule has 1 unspecified atom stereocenters. The highest BCUT2D eigenvalue weighted by molar-refractivity contribution is 6.42. The van der Waals surface area contributed by atoms with Crippen LogP contribution in [0.25, 0.3) is 22.3 Å². The maximum atomic E-state index is 12.6. The molecule has 2 heterocycles. The SMILES string of the molecule is O=C1NC(c2ccccc2)=C(c2nc3ccccc3[nH]2)C(c2cccc(Cl)c2Cl)N1. The van der Waals surface area contributed by atoms with E-state index in [0.717, 1.165) is 22.2 Å². The summed E-state index contributed by atoms with van der Waals surface area (Å²) in [6, 6.07) is 22.0. The molecule has 0 fully saturated rings. The van der Waals surface area contributed by atoms with Crippen LogP contribution in [0.5, 0.6) is 0 Å². The second-order valence-electron chi connectivity index (χ2n) is 6.93. The number of H-pyrrole nitrogens is 1. The van der Waals surface area contributed by atoms with Crippen molar-refractivity contribution in [1.82, 2.24) is 20.6 Å². The van der Waals surface area contributed by atoms with Crippen LogP contribution in [0.4, 0.5) is 4.79 Å². The van der Waals surface area contributed by atoms with Crippen molar-refractivity contribution in [2.24, 2.45) is 0 Å². The van der Waals surface area contributed by atoms with Crippen molar-refractivity contribution >= 4 is 51.5 Å². The summed E-state index contributed by atoms with van der Waals surface area (Å²) in [6.07, 6.45) is 0. The molecule has 1 aliphatic rings. The van der Waals surface area contributed by atoms with E-state index in [4.69, 9.17) is 28.2 Å². The lowest BCUT2D eigenvalue weighted by atomic mass is 9.92. The molecule has 0 saturated heterocycles. The summed E-state index contributed by atoms with van der Waals surface area (Å²) in [5.41, 5.74) is 4.75. The third-order valence-corrected chi connectivity index (χ3v) is 5.90. The summed E-state index contributed by atoms with van der Waals surface area (Å²) in [6.45, 7) is 0. The highest BCUT2D eigenvalue weighted by atomic mass is 35.5. The number of rotatable bonds is 3. The summed E-state index contributed by atoms with van der Waals surface area (Å²) < 4.78 is 0. The number of carbonyl (C=O) groups is 1. The van der Waals surface area contributed by atoms with Gasteiger partial charge in [-0.05, 0) is 29.3 Å². The van der Waals surface area contributed by atoms with Crippen LogP contribution < -0.4 is 10.6 Å². The van der Waals surface area contributed by atoms with Gasteiger partial charge >= 0.3 is 6.03 Å². The number of hydrogen-bond donors (Lipinski definition) is 3. The number of carbonyl (C=O) groups excluding carboxylic acids is 1. The molecule has 1 aliphatic heterocycles. The number of halogens is 2. The topological polar surface area (TPSA) is 69.8 Å². The molecule has 3 aromatic carbocycles. The van der Waals surface area contributed by atoms with Gasteiger partial charge in [-0.1, -0.05) is 77.8 Å². The van der Waals surface area contributed by atoms with Gasteiger partial charge in [0.15, 0.2) is 0 Å². The summed E-state index contributed by atoms with van der Waals surface area (Å²) in [4.78, 5) is 20.8. The molecule has 30 heavy (non-hydrogen) atoms. The molecule has 5 nitrogen and oxygen atoms in total. The molecule has 2 amide bonds. The molecular weight excluding hydrogens is 419 g/mol. The zero-order valence-corrected chi connectivity index (χ0v) is 17.1. The van der Waals surface area contributed by atoms with Crippen molar-refractivity contribution in [3.63, 3.8) is 0 Å². The van der Waals surface area contributed by atoms with Gasteiger partial charge in [-0.25, -0.2) is 9.78 Å². The molecule has 3 N–H and O–H groups in total. The van der Waals surface area contributed by atoms with E-state index in [9.17, 15) is 4.79 Å². The van der Waals surface area contributed by atoms with Crippen molar-refractivity contribution < 1.29 is 4.79 Å². The Kier molecular flexibility index (Phi) is 4.69. The lowest BCUT2D eigenvalue weighted by molar-refractivity contribution is 0.242. The number of benzene rings is 3. The maximum Gasteiger partial charge on any atom is 0.320 e. The fraction of sp³-hybridized carbons (Fsp3) is 0.0435.